The second kappa shape index (κ2) is 15.4. The molecule has 0 amide bonds. The number of benzene rings is 11. The smallest absolute Gasteiger partial charge is 0.0735 e. The molecule has 3 heteroatoms. The van der Waals surface area contributed by atoms with Crippen molar-refractivity contribution in [3.05, 3.63) is 277 Å². The molecule has 0 N–H and O–H groups in total. The Morgan fingerprint density at radius 1 is 0.338 bits per heavy atom. The number of rotatable bonds is 6. The maximum atomic E-state index is 2.52. The predicted octanol–water partition coefficient (Wildman–Crippen LogP) is 17.6. The molecule has 68 heavy (non-hydrogen) atoms. The largest absolute Gasteiger partial charge is 0.310 e. The summed E-state index contributed by atoms with van der Waals surface area (Å²) in [5, 5.41) is 5.04. The summed E-state index contributed by atoms with van der Waals surface area (Å²) >= 11 is 1.89. The Bertz CT molecular complexity index is 3890. The van der Waals surface area contributed by atoms with Crippen molar-refractivity contribution in [2.45, 2.75) is 15.2 Å². The van der Waals surface area contributed by atoms with E-state index in [9.17, 15) is 0 Å². The monoisotopic (exact) mass is 882 g/mol. The van der Waals surface area contributed by atoms with Gasteiger partial charge in [-0.15, -0.1) is 0 Å². The zero-order valence-electron chi connectivity index (χ0n) is 37.1. The summed E-state index contributed by atoms with van der Waals surface area (Å²) < 4.78 is 2.52. The van der Waals surface area contributed by atoms with Crippen LogP contribution < -0.4 is 4.90 Å². The molecular weight excluding hydrogens is 841 g/mol. The minimum absolute atomic E-state index is 0.514. The molecule has 1 unspecified atom stereocenters. The van der Waals surface area contributed by atoms with E-state index in [4.69, 9.17) is 0 Å². The number of aromatic nitrogens is 1. The summed E-state index contributed by atoms with van der Waals surface area (Å²) in [7, 11) is 0. The van der Waals surface area contributed by atoms with Crippen LogP contribution in [0.25, 0.3) is 71.6 Å². The molecule has 2 heterocycles. The van der Waals surface area contributed by atoms with Crippen LogP contribution in [0.2, 0.25) is 0 Å². The van der Waals surface area contributed by atoms with Crippen LogP contribution in [0.3, 0.4) is 0 Å². The Balaban J connectivity index is 1.02. The van der Waals surface area contributed by atoms with E-state index in [-0.39, 0.29) is 0 Å². The Kier molecular flexibility index (Phi) is 8.77. The Morgan fingerprint density at radius 3 is 1.66 bits per heavy atom. The molecule has 0 fully saturated rings. The molecular formula is C65H42N2S. The van der Waals surface area contributed by atoms with Gasteiger partial charge in [0.15, 0.2) is 0 Å². The van der Waals surface area contributed by atoms with Crippen LogP contribution in [0.15, 0.2) is 265 Å². The van der Waals surface area contributed by atoms with E-state index < -0.39 is 5.41 Å². The number of hydrogen-bond donors (Lipinski definition) is 0. The third kappa shape index (κ3) is 5.66. The fraction of sp³-hybridized carbons (Fsp3) is 0.0154. The van der Waals surface area contributed by atoms with E-state index in [1.807, 2.05) is 11.8 Å². The van der Waals surface area contributed by atoms with E-state index in [1.54, 1.807) is 0 Å². The fourth-order valence-electron chi connectivity index (χ4n) is 11.7. The van der Waals surface area contributed by atoms with Crippen molar-refractivity contribution in [2.75, 3.05) is 4.90 Å². The predicted molar refractivity (Wildman–Crippen MR) is 285 cm³/mol. The van der Waals surface area contributed by atoms with Gasteiger partial charge in [-0.25, -0.2) is 0 Å². The van der Waals surface area contributed by atoms with E-state index >= 15 is 0 Å². The van der Waals surface area contributed by atoms with Gasteiger partial charge in [0.1, 0.15) is 0 Å². The van der Waals surface area contributed by atoms with Crippen LogP contribution >= 0.6 is 11.8 Å². The van der Waals surface area contributed by atoms with Gasteiger partial charge in [-0.1, -0.05) is 218 Å². The molecule has 1 spiro atoms. The Morgan fingerprint density at radius 2 is 0.882 bits per heavy atom. The maximum absolute atomic E-state index is 2.52. The standard InChI is InChI=1S/C65H42N2S/c1-4-19-43(20-5-1)49-29-18-30-50(44-21-6-2-7-22-44)64(49)67-59-35-14-11-28-52(59)53-39-37-47(41-60(53)67)66(46-25-8-3-9-26-46)48-38-40-57-62(42-48)68-61-36-15-13-33-56(61)65(57)55-32-12-10-27-51(55)54-31-16-23-45-24-17-34-58(65)63(45)54/h1-42H. The van der Waals surface area contributed by atoms with Crippen molar-refractivity contribution in [1.29, 1.82) is 0 Å². The lowest BCUT2D eigenvalue weighted by molar-refractivity contribution is 0.707. The lowest BCUT2D eigenvalue weighted by Gasteiger charge is -2.46. The first-order valence-corrected chi connectivity index (χ1v) is 24.2. The highest BCUT2D eigenvalue weighted by molar-refractivity contribution is 7.99. The molecule has 1 atom stereocenters. The number of hydrogen-bond acceptors (Lipinski definition) is 2. The van der Waals surface area contributed by atoms with Crippen molar-refractivity contribution in [3.63, 3.8) is 0 Å². The third-order valence-electron chi connectivity index (χ3n) is 14.4. The highest BCUT2D eigenvalue weighted by Gasteiger charge is 2.48. The van der Waals surface area contributed by atoms with Gasteiger partial charge in [0.2, 0.25) is 0 Å². The molecule has 318 valence electrons. The van der Waals surface area contributed by atoms with Crippen molar-refractivity contribution in [1.82, 2.24) is 4.57 Å². The zero-order chi connectivity index (χ0) is 44.8. The number of fused-ring (bicyclic) bond motifs is 11. The average Bonchev–Trinajstić information content (AvgIpc) is 3.73. The molecule has 0 saturated carbocycles. The molecule has 0 radical (unpaired) electrons. The molecule has 12 aromatic rings. The van der Waals surface area contributed by atoms with Crippen LogP contribution in [0.5, 0.6) is 0 Å². The first-order chi connectivity index (χ1) is 33.8. The summed E-state index contributed by atoms with van der Waals surface area (Å²) in [6.45, 7) is 0. The summed E-state index contributed by atoms with van der Waals surface area (Å²) in [6, 6.07) is 94.4. The second-order valence-corrected chi connectivity index (χ2v) is 19.0. The van der Waals surface area contributed by atoms with Crippen molar-refractivity contribution < 1.29 is 0 Å². The minimum atomic E-state index is -0.514. The highest BCUT2D eigenvalue weighted by atomic mass is 32.2. The minimum Gasteiger partial charge on any atom is -0.310 e. The Hall–Kier alpha value is -8.37. The van der Waals surface area contributed by atoms with Crippen molar-refractivity contribution in [2.24, 2.45) is 0 Å². The van der Waals surface area contributed by atoms with Crippen LogP contribution in [-0.4, -0.2) is 4.57 Å². The Labute approximate surface area is 400 Å². The summed E-state index contributed by atoms with van der Waals surface area (Å²) in [4.78, 5) is 4.99. The lowest BCUT2D eigenvalue weighted by atomic mass is 9.59. The fourth-order valence-corrected chi connectivity index (χ4v) is 12.9. The molecule has 2 nitrogen and oxygen atoms in total. The molecule has 0 saturated heterocycles. The SMILES string of the molecule is c1ccc(-c2cccc(-c3ccccc3)c2-n2c3ccccc3c3ccc(N(c4ccccc4)c4ccc5c(c4)Sc4ccccc4C54c5ccccc5-c5cccc6cccc4c56)cc32)cc1. The molecule has 2 aliphatic rings. The van der Waals surface area contributed by atoms with Crippen LogP contribution in [-0.2, 0) is 5.41 Å². The first-order valence-electron chi connectivity index (χ1n) is 23.4. The van der Waals surface area contributed by atoms with Crippen LogP contribution in [0, 0.1) is 0 Å². The summed E-state index contributed by atoms with van der Waals surface area (Å²) in [5.41, 5.74) is 18.9. The number of para-hydroxylation sites is 3. The summed E-state index contributed by atoms with van der Waals surface area (Å²) in [5.74, 6) is 0. The van der Waals surface area contributed by atoms with Crippen molar-refractivity contribution >= 4 is 61.4 Å². The quantitative estimate of drug-likeness (QED) is 0.164. The normalized spacial score (nSPS) is 14.5. The second-order valence-electron chi connectivity index (χ2n) is 17.9. The first kappa shape index (κ1) is 38.9. The van der Waals surface area contributed by atoms with E-state index in [2.05, 4.69) is 264 Å². The van der Waals surface area contributed by atoms with Gasteiger partial charge < -0.3 is 9.47 Å². The molecule has 0 bridgehead atoms. The molecule has 11 aromatic carbocycles. The average molecular weight is 883 g/mol. The van der Waals surface area contributed by atoms with Gasteiger partial charge >= 0.3 is 0 Å². The van der Waals surface area contributed by atoms with Gasteiger partial charge in [0.05, 0.1) is 22.1 Å². The number of nitrogens with zero attached hydrogens (tertiary/aromatic N) is 2. The molecule has 1 aliphatic carbocycles. The topological polar surface area (TPSA) is 8.17 Å². The number of anilines is 3. The van der Waals surface area contributed by atoms with Gasteiger partial charge in [0.25, 0.3) is 0 Å². The van der Waals surface area contributed by atoms with Crippen LogP contribution in [0.4, 0.5) is 17.1 Å². The third-order valence-corrected chi connectivity index (χ3v) is 15.6. The van der Waals surface area contributed by atoms with E-state index in [0.717, 1.165) is 28.3 Å². The van der Waals surface area contributed by atoms with E-state index in [0.29, 0.717) is 0 Å². The van der Waals surface area contributed by atoms with Crippen molar-refractivity contribution in [3.8, 4) is 39.1 Å². The molecule has 1 aromatic heterocycles. The highest BCUT2D eigenvalue weighted by Crippen LogP contribution is 2.62. The molecule has 14 rings (SSSR count). The molecule has 1 aliphatic heterocycles. The van der Waals surface area contributed by atoms with E-state index in [1.165, 1.54) is 92.5 Å². The van der Waals surface area contributed by atoms with Gasteiger partial charge in [0, 0.05) is 48.8 Å². The van der Waals surface area contributed by atoms with Crippen LogP contribution in [0.1, 0.15) is 22.3 Å². The maximum Gasteiger partial charge on any atom is 0.0735 e. The van der Waals surface area contributed by atoms with Gasteiger partial charge in [-0.3, -0.25) is 0 Å². The summed E-state index contributed by atoms with van der Waals surface area (Å²) in [6.07, 6.45) is 0. The lowest BCUT2D eigenvalue weighted by Crippen LogP contribution is -2.36. The van der Waals surface area contributed by atoms with Gasteiger partial charge in [-0.2, -0.15) is 0 Å². The van der Waals surface area contributed by atoms with Gasteiger partial charge in [-0.05, 0) is 104 Å². The zero-order valence-corrected chi connectivity index (χ0v) is 37.9.